The molecule has 2 rings (SSSR count). The van der Waals surface area contributed by atoms with Crippen molar-refractivity contribution in [3.05, 3.63) is 35.9 Å². The molecular formula is C19H28IN5O. The van der Waals surface area contributed by atoms with Crippen molar-refractivity contribution in [1.29, 1.82) is 5.26 Å². The molecule has 0 saturated heterocycles. The van der Waals surface area contributed by atoms with Crippen molar-refractivity contribution in [3.63, 3.8) is 0 Å². The van der Waals surface area contributed by atoms with Gasteiger partial charge in [0, 0.05) is 20.1 Å². The molecule has 1 aromatic rings. The Balaban J connectivity index is 0.00000338. The Labute approximate surface area is 173 Å². The van der Waals surface area contributed by atoms with Crippen molar-refractivity contribution >= 4 is 35.8 Å². The van der Waals surface area contributed by atoms with Crippen LogP contribution >= 0.6 is 24.0 Å². The van der Waals surface area contributed by atoms with Crippen molar-refractivity contribution in [1.82, 2.24) is 15.5 Å². The summed E-state index contributed by atoms with van der Waals surface area (Å²) in [5, 5.41) is 16.0. The fourth-order valence-corrected chi connectivity index (χ4v) is 2.91. The van der Waals surface area contributed by atoms with Gasteiger partial charge in [-0.3, -0.25) is 4.79 Å². The average molecular weight is 469 g/mol. The molecule has 1 aliphatic rings. The van der Waals surface area contributed by atoms with Crippen LogP contribution in [0.25, 0.3) is 0 Å². The van der Waals surface area contributed by atoms with Crippen LogP contribution in [0.5, 0.6) is 0 Å². The number of amides is 1. The quantitative estimate of drug-likeness (QED) is 0.395. The zero-order valence-corrected chi connectivity index (χ0v) is 17.9. The molecule has 6 nitrogen and oxygen atoms in total. The molecule has 26 heavy (non-hydrogen) atoms. The molecule has 7 heteroatoms. The number of guanidine groups is 1. The predicted octanol–water partition coefficient (Wildman–Crippen LogP) is 2.68. The third-order valence-electron chi connectivity index (χ3n) is 4.53. The van der Waals surface area contributed by atoms with Gasteiger partial charge in [-0.2, -0.15) is 5.26 Å². The predicted molar refractivity (Wildman–Crippen MR) is 114 cm³/mol. The van der Waals surface area contributed by atoms with Gasteiger partial charge in [0.25, 0.3) is 0 Å². The molecule has 0 bridgehead atoms. The van der Waals surface area contributed by atoms with Gasteiger partial charge in [-0.15, -0.1) is 24.0 Å². The molecule has 3 atom stereocenters. The zero-order chi connectivity index (χ0) is 18.2. The Bertz CT molecular complexity index is 641. The molecule has 1 aromatic carbocycles. The van der Waals surface area contributed by atoms with Gasteiger partial charge in [0.05, 0.1) is 18.0 Å². The highest BCUT2D eigenvalue weighted by molar-refractivity contribution is 14.0. The number of likely N-dealkylation sites (N-methyl/N-ethyl adjacent to an activating group) is 1. The highest BCUT2D eigenvalue weighted by atomic mass is 127. The first-order valence-corrected chi connectivity index (χ1v) is 8.73. The first-order valence-electron chi connectivity index (χ1n) is 8.73. The monoisotopic (exact) mass is 469 g/mol. The van der Waals surface area contributed by atoms with Crippen molar-refractivity contribution in [3.8, 4) is 6.07 Å². The van der Waals surface area contributed by atoms with Crippen molar-refractivity contribution in [2.45, 2.75) is 38.3 Å². The number of nitrogens with one attached hydrogen (secondary N) is 2. The van der Waals surface area contributed by atoms with E-state index in [2.05, 4.69) is 28.6 Å². The number of hydrogen-bond donors (Lipinski definition) is 2. The molecule has 0 aromatic heterocycles. The molecule has 2 N–H and O–H groups in total. The summed E-state index contributed by atoms with van der Waals surface area (Å²) in [6.45, 7) is 2.13. The van der Waals surface area contributed by atoms with Crippen LogP contribution in [0.3, 0.4) is 0 Å². The van der Waals surface area contributed by atoms with Gasteiger partial charge in [0.15, 0.2) is 5.96 Å². The van der Waals surface area contributed by atoms with E-state index in [0.29, 0.717) is 5.96 Å². The van der Waals surface area contributed by atoms with Gasteiger partial charge in [0.1, 0.15) is 6.54 Å². The molecule has 1 amide bonds. The second-order valence-electron chi connectivity index (χ2n) is 6.65. The van der Waals surface area contributed by atoms with E-state index in [-0.39, 0.29) is 54.4 Å². The third-order valence-corrected chi connectivity index (χ3v) is 4.53. The third kappa shape index (κ3) is 6.48. The maximum Gasteiger partial charge on any atom is 0.243 e. The van der Waals surface area contributed by atoms with Crippen molar-refractivity contribution in [2.24, 2.45) is 10.9 Å². The van der Waals surface area contributed by atoms with E-state index < -0.39 is 0 Å². The van der Waals surface area contributed by atoms with E-state index >= 15 is 0 Å². The van der Waals surface area contributed by atoms with Crippen LogP contribution in [0.1, 0.15) is 37.8 Å². The molecule has 3 unspecified atom stereocenters. The first kappa shape index (κ1) is 22.2. The van der Waals surface area contributed by atoms with Crippen LogP contribution in [0.15, 0.2) is 35.3 Å². The number of carbonyl (C=O) groups is 1. The smallest absolute Gasteiger partial charge is 0.243 e. The number of rotatable bonds is 5. The van der Waals surface area contributed by atoms with Crippen molar-refractivity contribution in [2.75, 3.05) is 20.6 Å². The van der Waals surface area contributed by atoms with Gasteiger partial charge >= 0.3 is 0 Å². The van der Waals surface area contributed by atoms with Crippen LogP contribution in [0.2, 0.25) is 0 Å². The summed E-state index contributed by atoms with van der Waals surface area (Å²) in [5.41, 5.74) is 1.14. The molecule has 142 valence electrons. The van der Waals surface area contributed by atoms with Crippen LogP contribution in [0.4, 0.5) is 0 Å². The summed E-state index contributed by atoms with van der Waals surface area (Å²) in [6.07, 6.45) is 2.89. The van der Waals surface area contributed by atoms with Crippen molar-refractivity contribution < 1.29 is 4.79 Å². The van der Waals surface area contributed by atoms with Gasteiger partial charge in [-0.25, -0.2) is 4.99 Å². The minimum atomic E-state index is -0.0586. The summed E-state index contributed by atoms with van der Waals surface area (Å²) in [7, 11) is 3.43. The van der Waals surface area contributed by atoms with Gasteiger partial charge in [0.2, 0.25) is 5.91 Å². The van der Waals surface area contributed by atoms with Gasteiger partial charge in [-0.1, -0.05) is 30.3 Å². The lowest BCUT2D eigenvalue weighted by Crippen LogP contribution is -2.46. The van der Waals surface area contributed by atoms with Gasteiger partial charge < -0.3 is 15.5 Å². The Kier molecular flexibility index (Phi) is 9.41. The van der Waals surface area contributed by atoms with Crippen LogP contribution in [-0.4, -0.2) is 43.4 Å². The zero-order valence-electron chi connectivity index (χ0n) is 15.6. The number of halogens is 1. The normalized spacial score (nSPS) is 20.5. The number of nitrogens with zero attached hydrogens (tertiary/aromatic N) is 3. The Morgan fingerprint density at radius 2 is 2.04 bits per heavy atom. The average Bonchev–Trinajstić information content (AvgIpc) is 3.07. The maximum absolute atomic E-state index is 11.9. The summed E-state index contributed by atoms with van der Waals surface area (Å²) in [4.78, 5) is 17.8. The number of benzene rings is 1. The molecule has 0 radical (unpaired) electrons. The molecule has 0 spiro atoms. The second-order valence-corrected chi connectivity index (χ2v) is 6.65. The highest BCUT2D eigenvalue weighted by Gasteiger charge is 2.28. The lowest BCUT2D eigenvalue weighted by atomic mass is 10.1. The minimum Gasteiger partial charge on any atom is -0.352 e. The lowest BCUT2D eigenvalue weighted by Gasteiger charge is -2.23. The van der Waals surface area contributed by atoms with E-state index in [1.165, 1.54) is 4.90 Å². The van der Waals surface area contributed by atoms with E-state index in [1.54, 1.807) is 14.1 Å². The lowest BCUT2D eigenvalue weighted by molar-refractivity contribution is -0.127. The molecule has 0 aliphatic heterocycles. The van der Waals surface area contributed by atoms with E-state index in [0.717, 1.165) is 24.8 Å². The summed E-state index contributed by atoms with van der Waals surface area (Å²) in [5.74, 6) is 0.513. The Hall–Kier alpha value is -1.82. The van der Waals surface area contributed by atoms with Crippen LogP contribution in [0, 0.1) is 17.2 Å². The summed E-state index contributed by atoms with van der Waals surface area (Å²) < 4.78 is 0. The first-order chi connectivity index (χ1) is 12.0. The summed E-state index contributed by atoms with van der Waals surface area (Å²) >= 11 is 0. The fourth-order valence-electron chi connectivity index (χ4n) is 2.91. The maximum atomic E-state index is 11.9. The van der Waals surface area contributed by atoms with E-state index in [4.69, 9.17) is 0 Å². The Morgan fingerprint density at radius 1 is 1.35 bits per heavy atom. The fraction of sp³-hybridized carbons (Fsp3) is 0.526. The number of nitriles is 1. The number of hydrogen-bond acceptors (Lipinski definition) is 3. The molecule has 0 heterocycles. The SMILES string of the molecule is CC(NC(=NCC(=O)N(C)C)NC1CCCC1C#N)c1ccccc1.I. The largest absolute Gasteiger partial charge is 0.352 e. The molecular weight excluding hydrogens is 441 g/mol. The number of aliphatic imine (C=N–C) groups is 1. The van der Waals surface area contributed by atoms with E-state index in [9.17, 15) is 10.1 Å². The standard InChI is InChI=1S/C19H27N5O.HI/c1-14(15-8-5-4-6-9-15)22-19(21-13-18(25)24(2)3)23-17-11-7-10-16(17)12-20;/h4-6,8-9,14,16-17H,7,10-11,13H2,1-3H3,(H2,21,22,23);1H. The molecule has 1 aliphatic carbocycles. The van der Waals surface area contributed by atoms with Gasteiger partial charge in [-0.05, 0) is 31.7 Å². The Morgan fingerprint density at radius 3 is 2.65 bits per heavy atom. The molecule has 1 fully saturated rings. The highest BCUT2D eigenvalue weighted by Crippen LogP contribution is 2.24. The van der Waals surface area contributed by atoms with Crippen LogP contribution in [-0.2, 0) is 4.79 Å². The minimum absolute atomic E-state index is 0. The number of carbonyl (C=O) groups excluding carboxylic acids is 1. The second kappa shape index (κ2) is 11.0. The molecule has 1 saturated carbocycles. The van der Waals surface area contributed by atoms with E-state index in [1.807, 2.05) is 30.3 Å². The summed E-state index contributed by atoms with van der Waals surface area (Å²) in [6, 6.07) is 12.6. The van der Waals surface area contributed by atoms with Crippen LogP contribution < -0.4 is 10.6 Å². The topological polar surface area (TPSA) is 80.5 Å².